The number of nitrogens with two attached hydrogens (primary N) is 1. The van der Waals surface area contributed by atoms with E-state index in [0.717, 1.165) is 22.0 Å². The van der Waals surface area contributed by atoms with Gasteiger partial charge in [0.2, 0.25) is 17.8 Å². The summed E-state index contributed by atoms with van der Waals surface area (Å²) in [6, 6.07) is 20.5. The Hall–Kier alpha value is -3.86. The van der Waals surface area contributed by atoms with Crippen LogP contribution in [0.1, 0.15) is 5.56 Å². The average Bonchev–Trinajstić information content (AvgIpc) is 2.89. The zero-order valence-electron chi connectivity index (χ0n) is 19.9. The van der Waals surface area contributed by atoms with E-state index in [-0.39, 0.29) is 5.82 Å². The molecule has 4 aromatic rings. The highest BCUT2D eigenvalue weighted by atomic mass is 19.1. The summed E-state index contributed by atoms with van der Waals surface area (Å²) in [4.78, 5) is 13.4. The van der Waals surface area contributed by atoms with Crippen molar-refractivity contribution >= 4 is 34.3 Å². The van der Waals surface area contributed by atoms with Crippen molar-refractivity contribution in [2.45, 2.75) is 6.54 Å². The number of aromatic nitrogens is 3. The van der Waals surface area contributed by atoms with E-state index >= 15 is 0 Å². The second-order valence-corrected chi connectivity index (χ2v) is 7.92. The molecule has 0 saturated carbocycles. The first-order valence-electron chi connectivity index (χ1n) is 11.8. The van der Waals surface area contributed by atoms with Crippen LogP contribution < -0.4 is 21.7 Å². The van der Waals surface area contributed by atoms with Crippen LogP contribution in [0.3, 0.4) is 0 Å². The van der Waals surface area contributed by atoms with Gasteiger partial charge in [-0.3, -0.25) is 0 Å². The van der Waals surface area contributed by atoms with Crippen molar-refractivity contribution in [3.8, 4) is 0 Å². The Kier molecular flexibility index (Phi) is 9.32. The maximum absolute atomic E-state index is 13.5. The number of rotatable bonds is 14. The van der Waals surface area contributed by atoms with E-state index in [9.17, 15) is 4.39 Å². The Balaban J connectivity index is 1.42. The fourth-order valence-electron chi connectivity index (χ4n) is 3.45. The third-order valence-electron chi connectivity index (χ3n) is 5.14. The summed E-state index contributed by atoms with van der Waals surface area (Å²) < 4.78 is 24.4. The molecule has 3 aromatic carbocycles. The summed E-state index contributed by atoms with van der Waals surface area (Å²) in [5, 5.41) is 11.8. The van der Waals surface area contributed by atoms with Gasteiger partial charge in [-0.2, -0.15) is 15.0 Å². The Morgan fingerprint density at radius 2 is 1.47 bits per heavy atom. The SMILES string of the molecule is NCCOCCOCCNc1nc(NCc2cccc(F)c2)nc(Nc2ccc3ccccc3c2)n1. The zero-order valence-corrected chi connectivity index (χ0v) is 19.9. The highest BCUT2D eigenvalue weighted by Crippen LogP contribution is 2.22. The third-order valence-corrected chi connectivity index (χ3v) is 5.14. The van der Waals surface area contributed by atoms with Gasteiger partial charge in [0.1, 0.15) is 5.82 Å². The molecule has 0 saturated heterocycles. The zero-order chi connectivity index (χ0) is 25.0. The first-order chi connectivity index (χ1) is 17.7. The number of anilines is 4. The first-order valence-corrected chi connectivity index (χ1v) is 11.8. The number of halogens is 1. The number of hydrogen-bond donors (Lipinski definition) is 4. The summed E-state index contributed by atoms with van der Waals surface area (Å²) in [6.45, 7) is 3.31. The molecule has 0 aliphatic heterocycles. The fraction of sp³-hybridized carbons (Fsp3) is 0.269. The van der Waals surface area contributed by atoms with Gasteiger partial charge in [-0.15, -0.1) is 0 Å². The number of nitrogens with one attached hydrogen (secondary N) is 3. The van der Waals surface area contributed by atoms with Gasteiger partial charge >= 0.3 is 0 Å². The molecule has 0 bridgehead atoms. The van der Waals surface area contributed by atoms with Crippen LogP contribution in [0, 0.1) is 5.82 Å². The highest BCUT2D eigenvalue weighted by molar-refractivity contribution is 5.86. The van der Waals surface area contributed by atoms with Crippen LogP contribution in [0.25, 0.3) is 10.8 Å². The van der Waals surface area contributed by atoms with Gasteiger partial charge < -0.3 is 31.2 Å². The lowest BCUT2D eigenvalue weighted by Gasteiger charge is -2.12. The number of fused-ring (bicyclic) bond motifs is 1. The molecular weight excluding hydrogens is 461 g/mol. The molecule has 0 aliphatic carbocycles. The van der Waals surface area contributed by atoms with Gasteiger partial charge in [0, 0.05) is 25.3 Å². The first kappa shape index (κ1) is 25.2. The van der Waals surface area contributed by atoms with Crippen LogP contribution in [-0.4, -0.2) is 54.5 Å². The van der Waals surface area contributed by atoms with E-state index in [4.69, 9.17) is 15.2 Å². The standard InChI is InChI=1S/C26H30FN7O2/c27-22-7-3-4-19(16-22)18-30-25-32-24(29-11-13-36-15-14-35-12-10-28)33-26(34-25)31-23-9-8-20-5-1-2-6-21(20)17-23/h1-9,16-17H,10-15,18,28H2,(H3,29,30,31,32,33,34). The number of nitrogens with zero attached hydrogens (tertiary/aromatic N) is 3. The van der Waals surface area contributed by atoms with Gasteiger partial charge in [-0.1, -0.05) is 42.5 Å². The molecule has 5 N–H and O–H groups in total. The molecule has 10 heteroatoms. The number of hydrogen-bond acceptors (Lipinski definition) is 9. The van der Waals surface area contributed by atoms with Gasteiger partial charge in [-0.05, 0) is 40.6 Å². The van der Waals surface area contributed by atoms with Crippen LogP contribution in [-0.2, 0) is 16.0 Å². The van der Waals surface area contributed by atoms with E-state index in [0.29, 0.717) is 63.9 Å². The molecule has 0 spiro atoms. The number of ether oxygens (including phenoxy) is 2. The molecule has 9 nitrogen and oxygen atoms in total. The van der Waals surface area contributed by atoms with Crippen molar-refractivity contribution < 1.29 is 13.9 Å². The molecule has 0 atom stereocenters. The molecule has 0 aliphatic rings. The van der Waals surface area contributed by atoms with Crippen molar-refractivity contribution in [1.82, 2.24) is 15.0 Å². The molecule has 36 heavy (non-hydrogen) atoms. The fourth-order valence-corrected chi connectivity index (χ4v) is 3.45. The van der Waals surface area contributed by atoms with Crippen LogP contribution in [0.15, 0.2) is 66.7 Å². The summed E-state index contributed by atoms with van der Waals surface area (Å²) in [6.07, 6.45) is 0. The van der Waals surface area contributed by atoms with Crippen LogP contribution in [0.2, 0.25) is 0 Å². The Labute approximate surface area is 209 Å². The highest BCUT2D eigenvalue weighted by Gasteiger charge is 2.08. The van der Waals surface area contributed by atoms with E-state index < -0.39 is 0 Å². The van der Waals surface area contributed by atoms with E-state index in [2.05, 4.69) is 37.0 Å². The lowest BCUT2D eigenvalue weighted by molar-refractivity contribution is 0.0547. The van der Waals surface area contributed by atoms with Crippen molar-refractivity contribution in [1.29, 1.82) is 0 Å². The van der Waals surface area contributed by atoms with E-state index in [1.165, 1.54) is 12.1 Å². The Bertz CT molecular complexity index is 1260. The Morgan fingerprint density at radius 3 is 2.28 bits per heavy atom. The maximum atomic E-state index is 13.5. The molecule has 0 amide bonds. The number of benzene rings is 3. The lowest BCUT2D eigenvalue weighted by atomic mass is 10.1. The third kappa shape index (κ3) is 7.84. The van der Waals surface area contributed by atoms with E-state index in [1.807, 2.05) is 42.5 Å². The molecule has 0 radical (unpaired) electrons. The monoisotopic (exact) mass is 491 g/mol. The smallest absolute Gasteiger partial charge is 0.233 e. The Morgan fingerprint density at radius 1 is 0.722 bits per heavy atom. The molecule has 1 heterocycles. The van der Waals surface area contributed by atoms with E-state index in [1.54, 1.807) is 6.07 Å². The molecule has 1 aromatic heterocycles. The summed E-state index contributed by atoms with van der Waals surface area (Å²) in [5.74, 6) is 0.828. The minimum Gasteiger partial charge on any atom is -0.378 e. The minimum absolute atomic E-state index is 0.292. The molecule has 188 valence electrons. The van der Waals surface area contributed by atoms with Gasteiger partial charge in [-0.25, -0.2) is 4.39 Å². The van der Waals surface area contributed by atoms with Crippen molar-refractivity contribution in [3.05, 3.63) is 78.1 Å². The van der Waals surface area contributed by atoms with Crippen LogP contribution >= 0.6 is 0 Å². The largest absolute Gasteiger partial charge is 0.378 e. The van der Waals surface area contributed by atoms with Crippen LogP contribution in [0.4, 0.5) is 27.9 Å². The molecule has 4 rings (SSSR count). The quantitative estimate of drug-likeness (QED) is 0.195. The van der Waals surface area contributed by atoms with Gasteiger partial charge in [0.05, 0.1) is 26.4 Å². The topological polar surface area (TPSA) is 119 Å². The molecule has 0 unspecified atom stereocenters. The van der Waals surface area contributed by atoms with Crippen molar-refractivity contribution in [2.75, 3.05) is 55.5 Å². The predicted molar refractivity (Wildman–Crippen MR) is 140 cm³/mol. The van der Waals surface area contributed by atoms with Crippen molar-refractivity contribution in [2.24, 2.45) is 5.73 Å². The average molecular weight is 492 g/mol. The minimum atomic E-state index is -0.292. The molecular formula is C26H30FN7O2. The van der Waals surface area contributed by atoms with Crippen LogP contribution in [0.5, 0.6) is 0 Å². The summed E-state index contributed by atoms with van der Waals surface area (Å²) in [7, 11) is 0. The second-order valence-electron chi connectivity index (χ2n) is 7.92. The summed E-state index contributed by atoms with van der Waals surface area (Å²) in [5.41, 5.74) is 7.02. The van der Waals surface area contributed by atoms with Gasteiger partial charge in [0.25, 0.3) is 0 Å². The maximum Gasteiger partial charge on any atom is 0.233 e. The van der Waals surface area contributed by atoms with Crippen molar-refractivity contribution in [3.63, 3.8) is 0 Å². The summed E-state index contributed by atoms with van der Waals surface area (Å²) >= 11 is 0. The normalized spacial score (nSPS) is 10.9. The predicted octanol–water partition coefficient (Wildman–Crippen LogP) is 3.92. The molecule has 0 fully saturated rings. The van der Waals surface area contributed by atoms with Gasteiger partial charge in [0.15, 0.2) is 0 Å². The lowest BCUT2D eigenvalue weighted by Crippen LogP contribution is -2.17. The second kappa shape index (κ2) is 13.3.